The van der Waals surface area contributed by atoms with Gasteiger partial charge in [-0.2, -0.15) is 0 Å². The fourth-order valence-corrected chi connectivity index (χ4v) is 18.7. The Hall–Kier alpha value is 0.159. The molecule has 0 N–H and O–H groups in total. The average Bonchev–Trinajstić information content (AvgIpc) is 2.54. The van der Waals surface area contributed by atoms with Crippen molar-refractivity contribution in [3.8, 4) is 0 Å². The van der Waals surface area contributed by atoms with E-state index in [9.17, 15) is 0 Å². The van der Waals surface area contributed by atoms with Crippen LogP contribution in [0, 0.1) is 6.92 Å². The van der Waals surface area contributed by atoms with Gasteiger partial charge in [0.15, 0.2) is 0 Å². The first-order valence-corrected chi connectivity index (χ1v) is 17.6. The van der Waals surface area contributed by atoms with E-state index in [-0.39, 0.29) is 0 Å². The molecule has 0 spiro atoms. The molecule has 0 aliphatic heterocycles. The van der Waals surface area contributed by atoms with Crippen LogP contribution in [0.15, 0.2) is 5.16 Å². The third-order valence-electron chi connectivity index (χ3n) is 4.41. The van der Waals surface area contributed by atoms with Gasteiger partial charge in [-0.25, -0.2) is 0 Å². The van der Waals surface area contributed by atoms with Crippen molar-refractivity contribution < 1.29 is 0 Å². The van der Waals surface area contributed by atoms with Gasteiger partial charge < -0.3 is 0 Å². The van der Waals surface area contributed by atoms with Gasteiger partial charge in [-0.1, -0.05) is 0 Å². The topological polar surface area (TPSA) is 38.7 Å². The Labute approximate surface area is 145 Å². The van der Waals surface area contributed by atoms with Crippen molar-refractivity contribution in [3.63, 3.8) is 0 Å². The summed E-state index contributed by atoms with van der Waals surface area (Å²) in [5.41, 5.74) is 0. The number of aromatic nitrogens is 3. The predicted molar refractivity (Wildman–Crippen MR) is 101 cm³/mol. The van der Waals surface area contributed by atoms with Gasteiger partial charge in [-0.05, 0) is 0 Å². The molecule has 0 bridgehead atoms. The Bertz CT molecular complexity index is 418. The van der Waals surface area contributed by atoms with Crippen LogP contribution in [-0.2, 0) is 0 Å². The fourth-order valence-electron chi connectivity index (χ4n) is 3.04. The molecule has 1 aromatic heterocycles. The van der Waals surface area contributed by atoms with Crippen LogP contribution in [0.25, 0.3) is 0 Å². The maximum absolute atomic E-state index is 4.92. The minimum atomic E-state index is -2.48. The fraction of sp³-hybridized carbons (Fsp3) is 0.824. The molecule has 0 unspecified atom stereocenters. The van der Waals surface area contributed by atoms with Crippen LogP contribution in [-0.4, -0.2) is 39.6 Å². The van der Waals surface area contributed by atoms with E-state index in [1.807, 2.05) is 6.92 Å². The van der Waals surface area contributed by atoms with E-state index < -0.39 is 18.4 Å². The number of thioether (sulfide) groups is 1. The summed E-state index contributed by atoms with van der Waals surface area (Å²) in [6.45, 7) is 8.95. The van der Waals surface area contributed by atoms with Crippen LogP contribution in [0.2, 0.25) is 13.3 Å². The summed E-state index contributed by atoms with van der Waals surface area (Å²) < 4.78 is 5.52. The van der Waals surface area contributed by atoms with Crippen molar-refractivity contribution >= 4 is 34.0 Å². The quantitative estimate of drug-likeness (QED) is 0.368. The Balaban J connectivity index is 3.20. The molecule has 1 rings (SSSR count). The number of nitrogens with zero attached hydrogens (tertiary/aromatic N) is 3. The molecule has 0 atom stereocenters. The van der Waals surface area contributed by atoms with Crippen molar-refractivity contribution in [2.75, 3.05) is 6.26 Å². The van der Waals surface area contributed by atoms with Gasteiger partial charge in [0.25, 0.3) is 0 Å². The van der Waals surface area contributed by atoms with Crippen LogP contribution < -0.4 is 3.84 Å². The molecule has 0 saturated carbocycles. The Morgan fingerprint density at radius 3 is 1.73 bits per heavy atom. The maximum atomic E-state index is 4.92. The first-order chi connectivity index (χ1) is 10.6. The van der Waals surface area contributed by atoms with E-state index in [0.29, 0.717) is 0 Å². The predicted octanol–water partition coefficient (Wildman–Crippen LogP) is 4.96. The molecule has 0 aromatic carbocycles. The van der Waals surface area contributed by atoms with Gasteiger partial charge >= 0.3 is 146 Å². The summed E-state index contributed by atoms with van der Waals surface area (Å²) in [6.07, 6.45) is 9.98. The van der Waals surface area contributed by atoms with Crippen LogP contribution in [0.4, 0.5) is 0 Å². The molecule has 0 fully saturated rings. The zero-order valence-electron chi connectivity index (χ0n) is 15.1. The van der Waals surface area contributed by atoms with E-state index >= 15 is 0 Å². The van der Waals surface area contributed by atoms with E-state index in [1.165, 1.54) is 55.7 Å². The summed E-state index contributed by atoms with van der Waals surface area (Å²) in [5.74, 6) is 0.917. The van der Waals surface area contributed by atoms with E-state index in [0.717, 1.165) is 11.0 Å². The minimum absolute atomic E-state index is 0.917. The summed E-state index contributed by atoms with van der Waals surface area (Å²) >= 11 is -0.825. The van der Waals surface area contributed by atoms with Crippen LogP contribution in [0.1, 0.15) is 65.1 Å². The number of hydrogen-bond donors (Lipinski definition) is 0. The number of unbranched alkanes of at least 4 members (excludes halogenated alkanes) is 3. The second kappa shape index (κ2) is 10.8. The average molecular weight is 430 g/mol. The molecule has 0 aliphatic rings. The van der Waals surface area contributed by atoms with Gasteiger partial charge in [-0.3, -0.25) is 0 Å². The number of rotatable bonds is 11. The van der Waals surface area contributed by atoms with Crippen molar-refractivity contribution in [3.05, 3.63) is 5.82 Å². The molecule has 0 aliphatic carbocycles. The molecule has 0 saturated heterocycles. The van der Waals surface area contributed by atoms with Crippen LogP contribution in [0.5, 0.6) is 0 Å². The SMILES string of the molecule is CCC[CH2][Sn]([CH2]CCC)([CH2]CCC)[c]1nc(C)nc(SC)n1. The summed E-state index contributed by atoms with van der Waals surface area (Å²) in [4.78, 5) is 14.3. The third kappa shape index (κ3) is 5.99. The van der Waals surface area contributed by atoms with E-state index in [1.54, 1.807) is 11.8 Å². The molecule has 126 valence electrons. The van der Waals surface area contributed by atoms with Crippen molar-refractivity contribution in [2.45, 2.75) is 84.7 Å². The van der Waals surface area contributed by atoms with Crippen LogP contribution >= 0.6 is 11.8 Å². The third-order valence-corrected chi connectivity index (χ3v) is 19.5. The number of hydrogen-bond acceptors (Lipinski definition) is 4. The first-order valence-electron chi connectivity index (χ1n) is 8.89. The molecule has 0 amide bonds. The van der Waals surface area contributed by atoms with Crippen molar-refractivity contribution in [2.24, 2.45) is 0 Å². The zero-order chi connectivity index (χ0) is 16.4. The molecular formula is C17H33N3SSn. The first kappa shape index (κ1) is 20.2. The van der Waals surface area contributed by atoms with Crippen molar-refractivity contribution in [1.29, 1.82) is 0 Å². The summed E-state index contributed by atoms with van der Waals surface area (Å²) in [5, 5.41) is 0.924. The second-order valence-corrected chi connectivity index (χ2v) is 19.9. The molecule has 1 aromatic rings. The number of aryl methyl sites for hydroxylation is 1. The molecule has 1 heterocycles. The van der Waals surface area contributed by atoms with Gasteiger partial charge in [0.1, 0.15) is 0 Å². The van der Waals surface area contributed by atoms with E-state index in [2.05, 4.69) is 32.0 Å². The van der Waals surface area contributed by atoms with Gasteiger partial charge in [0, 0.05) is 0 Å². The molecule has 3 nitrogen and oxygen atoms in total. The molecule has 0 radical (unpaired) electrons. The summed E-state index contributed by atoms with van der Waals surface area (Å²) in [6, 6.07) is 0. The molecule has 5 heteroatoms. The van der Waals surface area contributed by atoms with Crippen LogP contribution in [0.3, 0.4) is 0 Å². The normalized spacial score (nSPS) is 11.9. The van der Waals surface area contributed by atoms with Gasteiger partial charge in [0.05, 0.1) is 0 Å². The Morgan fingerprint density at radius 1 is 0.818 bits per heavy atom. The summed E-state index contributed by atoms with van der Waals surface area (Å²) in [7, 11) is 0. The van der Waals surface area contributed by atoms with Crippen molar-refractivity contribution in [1.82, 2.24) is 15.0 Å². The molecular weight excluding hydrogens is 397 g/mol. The van der Waals surface area contributed by atoms with Gasteiger partial charge in [0.2, 0.25) is 0 Å². The Morgan fingerprint density at radius 2 is 1.32 bits per heavy atom. The second-order valence-electron chi connectivity index (χ2n) is 6.28. The monoisotopic (exact) mass is 431 g/mol. The molecule has 22 heavy (non-hydrogen) atoms. The Kier molecular flexibility index (Phi) is 9.96. The van der Waals surface area contributed by atoms with E-state index in [4.69, 9.17) is 9.97 Å². The standard InChI is InChI=1S/C5H6N3S.3C4H9.Sn/c1-4-6-3-7-5(8-4)9-2;3*1-3-4-2;/h1-2H3;3*1,3-4H2,2H3;. The van der Waals surface area contributed by atoms with Gasteiger partial charge in [-0.15, -0.1) is 0 Å². The zero-order valence-corrected chi connectivity index (χ0v) is 18.8.